The Hall–Kier alpha value is -12.9. The second kappa shape index (κ2) is 52.2. The Bertz CT molecular complexity index is 4290. The van der Waals surface area contributed by atoms with Crippen LogP contribution in [0.5, 0.6) is 5.75 Å². The molecule has 0 spiro atoms. The molecule has 0 aliphatic carbocycles. The zero-order chi connectivity index (χ0) is 90.0. The molecule has 122 heavy (non-hydrogen) atoms. The molecule has 0 heterocycles. The number of carboxylic acid groups (broad SMARTS) is 2. The van der Waals surface area contributed by atoms with Crippen molar-refractivity contribution in [3.8, 4) is 5.75 Å². The number of nitrogens with one attached hydrogen (secondary N) is 15. The summed E-state index contributed by atoms with van der Waals surface area (Å²) in [4.78, 5) is 210. The summed E-state index contributed by atoms with van der Waals surface area (Å²) in [5.41, 5.74) is 20.2. The number of aliphatic hydroxyl groups excluding tert-OH is 1. The number of unbranched alkanes of at least 4 members (excludes halogenated alkanes) is 1. The molecule has 0 bridgehead atoms. The number of carbonyl (C=O) groups excluding carboxylic acids is 13. The summed E-state index contributed by atoms with van der Waals surface area (Å²) in [6, 6.07) is 21.7. The zero-order valence-corrected chi connectivity index (χ0v) is 69.4. The Morgan fingerprint density at radius 3 is 1.10 bits per heavy atom. The number of aliphatic carboxylic acids is 2. The van der Waals surface area contributed by atoms with Crippen LogP contribution in [0.15, 0.2) is 146 Å². The van der Waals surface area contributed by atoms with E-state index in [1.165, 1.54) is 24.3 Å². The molecule has 0 radical (unpaired) electrons. The molecule has 0 unspecified atom stereocenters. The number of guanidine groups is 1. The first-order chi connectivity index (χ1) is 58.1. The van der Waals surface area contributed by atoms with Gasteiger partial charge in [-0.3, -0.25) is 77.3 Å². The highest BCUT2D eigenvalue weighted by Gasteiger charge is 2.39. The number of carboxylic acids is 2. The average molecular weight is 1700 g/mol. The predicted octanol–water partition coefficient (Wildman–Crippen LogP) is -1.51. The Morgan fingerprint density at radius 2 is 0.713 bits per heavy atom. The molecule has 13 atom stereocenters. The van der Waals surface area contributed by atoms with E-state index in [0.717, 1.165) is 0 Å². The fourth-order valence-electron chi connectivity index (χ4n) is 12.6. The van der Waals surface area contributed by atoms with Crippen LogP contribution in [-0.4, -0.2) is 220 Å². The van der Waals surface area contributed by atoms with Crippen molar-refractivity contribution >= 4 is 94.7 Å². The van der Waals surface area contributed by atoms with Crippen molar-refractivity contribution in [3.05, 3.63) is 173 Å². The van der Waals surface area contributed by atoms with Gasteiger partial charge in [0.1, 0.15) is 78.8 Å². The minimum atomic E-state index is -1.74. The summed E-state index contributed by atoms with van der Waals surface area (Å²) in [6.45, 7) is 7.56. The first kappa shape index (κ1) is 99.7. The summed E-state index contributed by atoms with van der Waals surface area (Å²) in [7, 11) is 0. The van der Waals surface area contributed by atoms with Crippen LogP contribution in [0.4, 0.5) is 0 Å². The van der Waals surface area contributed by atoms with Gasteiger partial charge in [0.25, 0.3) is 0 Å². The van der Waals surface area contributed by atoms with E-state index in [4.69, 9.17) is 22.6 Å². The summed E-state index contributed by atoms with van der Waals surface area (Å²) < 4.78 is 0. The molecule has 5 aromatic carbocycles. The lowest BCUT2D eigenvalue weighted by Crippen LogP contribution is -2.62. The highest BCUT2D eigenvalue weighted by molar-refractivity contribution is 6.00. The molecule has 0 aliphatic rings. The van der Waals surface area contributed by atoms with Crippen molar-refractivity contribution in [3.63, 3.8) is 0 Å². The Morgan fingerprint density at radius 1 is 0.369 bits per heavy atom. The van der Waals surface area contributed by atoms with E-state index >= 15 is 14.4 Å². The first-order valence-corrected chi connectivity index (χ1v) is 40.5. The van der Waals surface area contributed by atoms with Crippen LogP contribution in [0.25, 0.3) is 0 Å². The third-order valence-electron chi connectivity index (χ3n) is 19.9. The Balaban J connectivity index is 1.40. The van der Waals surface area contributed by atoms with Gasteiger partial charge in [-0.15, -0.1) is 0 Å². The molecule has 25 N–H and O–H groups in total. The summed E-state index contributed by atoms with van der Waals surface area (Å²) in [6.07, 6.45) is -1.53. The zero-order valence-electron chi connectivity index (χ0n) is 69.4. The largest absolute Gasteiger partial charge is 0.508 e. The van der Waals surface area contributed by atoms with Gasteiger partial charge in [-0.05, 0) is 103 Å². The van der Waals surface area contributed by atoms with Crippen molar-refractivity contribution in [1.82, 2.24) is 74.4 Å². The monoisotopic (exact) mass is 1690 g/mol. The maximum absolute atomic E-state index is 15.1. The van der Waals surface area contributed by atoms with Crippen molar-refractivity contribution in [2.75, 3.05) is 32.8 Å². The van der Waals surface area contributed by atoms with Crippen LogP contribution in [0.2, 0.25) is 0 Å². The number of rotatable bonds is 53. The van der Waals surface area contributed by atoms with E-state index in [1.807, 2.05) is 0 Å². The minimum Gasteiger partial charge on any atom is -0.508 e. The molecule has 0 fully saturated rings. The standard InChI is InChI=1S/C85H118N18O19/c1-7-51(6)72(103-83(121)71(50(4)5)102-80(118)65(45-56-33-35-57(105)36-34-56)100-81(119)66(48-104)93-67(106)46-91-73(111)62(42-53-25-14-9-15-26-53)101-82(120)70(87)49(2)3)84(122)96-59(32-22-40-90-85(88)89)75(113)94-58(31-20-21-39-86)76(114)98-64(44-55-29-18-11-19-30-55)79(117)99-63(43-54-27-16-10-17-28-54)78(116)95-60(37-38-68(107)108)77(115)97-61(74(112)92-47-69(109)110)41-52-23-12-8-13-24-52/h8-19,23-30,33-36,49-51,58-66,70-72,104-105H,7,20-22,31-32,37-48,86-87H2,1-6H3,(H,91,111)(H,92,112)(H,93,106)(H,94,113)(H,95,116)(H,96,122)(H,97,115)(H,98,114)(H,99,117)(H,100,119)(H,101,120)(H,102,118)(H,103,121)(H,107,108)(H,109,110)(H4,88,89,90)/t51-,58-,59-,60-,61-,62-,63-,64-,65-,66-,70-,71-,72-/m0/s1. The molecular weight excluding hydrogens is 1580 g/mol. The van der Waals surface area contributed by atoms with Crippen LogP contribution >= 0.6 is 0 Å². The second-order valence-electron chi connectivity index (χ2n) is 30.3. The highest BCUT2D eigenvalue weighted by Crippen LogP contribution is 2.18. The van der Waals surface area contributed by atoms with Gasteiger partial charge in [0.15, 0.2) is 5.96 Å². The normalized spacial score (nSPS) is 14.3. The minimum absolute atomic E-state index is 0.00824. The molecule has 13 amide bonds. The number of nitrogens with two attached hydrogens (primary N) is 3. The number of aliphatic hydroxyl groups is 1. The number of aromatic hydroxyl groups is 1. The van der Waals surface area contributed by atoms with Crippen LogP contribution in [0, 0.1) is 23.2 Å². The van der Waals surface area contributed by atoms with Gasteiger partial charge >= 0.3 is 11.9 Å². The van der Waals surface area contributed by atoms with E-state index in [1.54, 1.807) is 163 Å². The van der Waals surface area contributed by atoms with Gasteiger partial charge in [0.2, 0.25) is 76.8 Å². The number of hydrogen-bond donors (Lipinski definition) is 22. The molecule has 0 aliphatic heterocycles. The van der Waals surface area contributed by atoms with Gasteiger partial charge in [-0.1, -0.05) is 181 Å². The number of amides is 13. The topological polar surface area (TPSA) is 607 Å². The van der Waals surface area contributed by atoms with E-state index in [9.17, 15) is 78.0 Å². The van der Waals surface area contributed by atoms with Crippen LogP contribution in [-0.2, 0) is 104 Å². The molecule has 0 saturated heterocycles. The van der Waals surface area contributed by atoms with Crippen LogP contribution in [0.1, 0.15) is 121 Å². The fraction of sp³-hybridized carbons (Fsp3) is 0.459. The van der Waals surface area contributed by atoms with Gasteiger partial charge in [-0.25, -0.2) is 0 Å². The van der Waals surface area contributed by atoms with Crippen molar-refractivity contribution in [2.45, 2.75) is 198 Å². The summed E-state index contributed by atoms with van der Waals surface area (Å²) in [5, 5.41) is 83.8. The third kappa shape index (κ3) is 35.6. The Labute approximate surface area is 708 Å². The lowest BCUT2D eigenvalue weighted by Gasteiger charge is -2.31. The first-order valence-electron chi connectivity index (χ1n) is 40.5. The maximum Gasteiger partial charge on any atom is 0.322 e. The van der Waals surface area contributed by atoms with Gasteiger partial charge in [-0.2, -0.15) is 0 Å². The third-order valence-corrected chi connectivity index (χ3v) is 19.9. The van der Waals surface area contributed by atoms with Gasteiger partial charge in [0.05, 0.1) is 19.2 Å². The van der Waals surface area contributed by atoms with E-state index in [0.29, 0.717) is 34.2 Å². The molecule has 5 rings (SSSR count). The van der Waals surface area contributed by atoms with E-state index < -0.39 is 212 Å². The summed E-state index contributed by atoms with van der Waals surface area (Å²) in [5.74, 6) is -17.0. The smallest absolute Gasteiger partial charge is 0.322 e. The molecule has 5 aromatic rings. The number of phenols is 1. The maximum atomic E-state index is 15.1. The molecule has 662 valence electrons. The molecule has 0 aromatic heterocycles. The number of hydrogen-bond acceptors (Lipinski definition) is 20. The van der Waals surface area contributed by atoms with Gasteiger partial charge in [0, 0.05) is 45.1 Å². The van der Waals surface area contributed by atoms with Crippen LogP contribution in [0.3, 0.4) is 0 Å². The van der Waals surface area contributed by atoms with E-state index in [2.05, 4.69) is 74.4 Å². The van der Waals surface area contributed by atoms with Crippen molar-refractivity contribution in [2.24, 2.45) is 35.0 Å². The fourth-order valence-corrected chi connectivity index (χ4v) is 12.6. The molecular formula is C85H118N18O19. The van der Waals surface area contributed by atoms with Crippen LogP contribution < -0.4 is 91.6 Å². The van der Waals surface area contributed by atoms with Crippen molar-refractivity contribution < 1.29 is 92.3 Å². The molecule has 37 nitrogen and oxygen atoms in total. The lowest BCUT2D eigenvalue weighted by molar-refractivity contribution is -0.139. The SMILES string of the molecule is CC[C@H](C)[C@H](NC(=O)[C@@H](NC(=O)[C@H](Cc1ccc(O)cc1)NC(=O)[C@H](CO)NC(=O)CNC(=O)[C@H](Cc1ccccc1)NC(=O)[C@@H](N)C(C)C)C(C)C)C(=O)N[C@@H](CCCNC(=N)N)C(=O)N[C@@H](CCCCN)C(=O)N[C@@H](Cc1ccccc1)C(=O)N[C@@H](Cc1ccccc1)C(=O)N[C@@H](CCC(=O)O)C(=O)N[C@@H](Cc1ccccc1)C(=O)NCC(=O)O. The lowest BCUT2D eigenvalue weighted by atomic mass is 9.95. The van der Waals surface area contributed by atoms with Crippen molar-refractivity contribution in [1.29, 1.82) is 5.41 Å². The predicted molar refractivity (Wildman–Crippen MR) is 450 cm³/mol. The number of phenolic OH excluding ortho intramolecular Hbond substituents is 1. The average Bonchev–Trinajstić information content (AvgIpc) is 0.844. The van der Waals surface area contributed by atoms with Gasteiger partial charge < -0.3 is 112 Å². The van der Waals surface area contributed by atoms with E-state index in [-0.39, 0.29) is 89.0 Å². The second-order valence-corrected chi connectivity index (χ2v) is 30.3. The molecule has 37 heteroatoms. The number of carbonyl (C=O) groups is 15. The Kier molecular flexibility index (Phi) is 42.7. The number of benzene rings is 5. The quantitative estimate of drug-likeness (QED) is 0.0120. The molecule has 0 saturated carbocycles. The summed E-state index contributed by atoms with van der Waals surface area (Å²) >= 11 is 0. The highest BCUT2D eigenvalue weighted by atomic mass is 16.4.